The van der Waals surface area contributed by atoms with E-state index in [1.807, 2.05) is 30.8 Å². The van der Waals surface area contributed by atoms with Crippen molar-refractivity contribution < 1.29 is 4.79 Å². The normalized spacial score (nSPS) is 17.1. The zero-order valence-electron chi connectivity index (χ0n) is 11.6. The van der Waals surface area contributed by atoms with Crippen LogP contribution in [0.15, 0.2) is 41.4 Å². The number of carbonyl (C=O) groups excluding carboxylic acids is 1. The molecule has 3 rings (SSSR count). The van der Waals surface area contributed by atoms with E-state index in [1.165, 1.54) is 16.7 Å². The van der Waals surface area contributed by atoms with Gasteiger partial charge in [-0.25, -0.2) is 0 Å². The Bertz CT molecular complexity index is 690. The maximum absolute atomic E-state index is 12.4. The van der Waals surface area contributed by atoms with Crippen molar-refractivity contribution in [3.05, 3.63) is 58.4 Å². The van der Waals surface area contributed by atoms with Crippen LogP contribution in [0.2, 0.25) is 5.02 Å². The largest absolute Gasteiger partial charge is 0.345 e. The number of amides is 1. The van der Waals surface area contributed by atoms with E-state index < -0.39 is 0 Å². The SMILES string of the molecule is Cc1cc(Cl)c(C(=O)NC2CCSc3ccccc32)cn1. The summed E-state index contributed by atoms with van der Waals surface area (Å²) in [5, 5.41) is 3.52. The molecule has 0 radical (unpaired) electrons. The van der Waals surface area contributed by atoms with Crippen molar-refractivity contribution >= 4 is 29.3 Å². The van der Waals surface area contributed by atoms with Gasteiger partial charge in [-0.1, -0.05) is 29.8 Å². The van der Waals surface area contributed by atoms with Crippen LogP contribution < -0.4 is 5.32 Å². The summed E-state index contributed by atoms with van der Waals surface area (Å²) in [6, 6.07) is 9.94. The number of hydrogen-bond donors (Lipinski definition) is 1. The van der Waals surface area contributed by atoms with Gasteiger partial charge in [0, 0.05) is 22.5 Å². The van der Waals surface area contributed by atoms with Crippen LogP contribution in [0, 0.1) is 6.92 Å². The second kappa shape index (κ2) is 6.08. The molecule has 2 heterocycles. The second-order valence-electron chi connectivity index (χ2n) is 5.01. The zero-order valence-corrected chi connectivity index (χ0v) is 13.2. The smallest absolute Gasteiger partial charge is 0.254 e. The summed E-state index contributed by atoms with van der Waals surface area (Å²) >= 11 is 7.97. The number of nitrogens with zero attached hydrogens (tertiary/aromatic N) is 1. The Balaban J connectivity index is 1.83. The average molecular weight is 319 g/mol. The van der Waals surface area contributed by atoms with E-state index in [0.717, 1.165) is 17.9 Å². The molecule has 5 heteroatoms. The monoisotopic (exact) mass is 318 g/mol. The molecule has 0 bridgehead atoms. The van der Waals surface area contributed by atoms with Gasteiger partial charge < -0.3 is 5.32 Å². The van der Waals surface area contributed by atoms with E-state index in [-0.39, 0.29) is 11.9 Å². The van der Waals surface area contributed by atoms with Crippen molar-refractivity contribution in [3.8, 4) is 0 Å². The second-order valence-corrected chi connectivity index (χ2v) is 6.55. The maximum atomic E-state index is 12.4. The van der Waals surface area contributed by atoms with E-state index in [0.29, 0.717) is 10.6 Å². The van der Waals surface area contributed by atoms with Crippen LogP contribution >= 0.6 is 23.4 Å². The Kier molecular flexibility index (Phi) is 4.17. The summed E-state index contributed by atoms with van der Waals surface area (Å²) in [7, 11) is 0. The Morgan fingerprint density at radius 1 is 1.43 bits per heavy atom. The third-order valence-corrected chi connectivity index (χ3v) is 4.93. The molecular formula is C16H15ClN2OS. The highest BCUT2D eigenvalue weighted by Crippen LogP contribution is 2.36. The van der Waals surface area contributed by atoms with Crippen molar-refractivity contribution in [2.45, 2.75) is 24.3 Å². The van der Waals surface area contributed by atoms with Crippen molar-refractivity contribution in [1.29, 1.82) is 0 Å². The van der Waals surface area contributed by atoms with Crippen LogP contribution in [0.1, 0.15) is 34.1 Å². The van der Waals surface area contributed by atoms with Crippen molar-refractivity contribution in [1.82, 2.24) is 10.3 Å². The molecule has 0 fully saturated rings. The number of rotatable bonds is 2. The summed E-state index contributed by atoms with van der Waals surface area (Å²) in [6.45, 7) is 1.85. The molecule has 2 aromatic rings. The van der Waals surface area contributed by atoms with E-state index >= 15 is 0 Å². The van der Waals surface area contributed by atoms with Gasteiger partial charge in [0.05, 0.1) is 16.6 Å². The van der Waals surface area contributed by atoms with E-state index in [4.69, 9.17) is 11.6 Å². The molecule has 0 saturated heterocycles. The highest BCUT2D eigenvalue weighted by atomic mass is 35.5. The molecule has 1 N–H and O–H groups in total. The molecule has 1 atom stereocenters. The Hall–Kier alpha value is -1.52. The number of benzene rings is 1. The zero-order chi connectivity index (χ0) is 14.8. The molecular weight excluding hydrogens is 304 g/mol. The molecule has 1 aliphatic rings. The number of thioether (sulfide) groups is 1. The van der Waals surface area contributed by atoms with E-state index in [1.54, 1.807) is 6.07 Å². The first-order valence-electron chi connectivity index (χ1n) is 6.80. The molecule has 1 amide bonds. The minimum atomic E-state index is -0.167. The van der Waals surface area contributed by atoms with Crippen molar-refractivity contribution in [3.63, 3.8) is 0 Å². The lowest BCUT2D eigenvalue weighted by Crippen LogP contribution is -2.30. The maximum Gasteiger partial charge on any atom is 0.254 e. The van der Waals surface area contributed by atoms with Gasteiger partial charge >= 0.3 is 0 Å². The summed E-state index contributed by atoms with van der Waals surface area (Å²) in [5.74, 6) is 0.834. The van der Waals surface area contributed by atoms with Gasteiger partial charge in [-0.3, -0.25) is 9.78 Å². The molecule has 0 aliphatic carbocycles. The number of pyridine rings is 1. The summed E-state index contributed by atoms with van der Waals surface area (Å²) < 4.78 is 0. The molecule has 21 heavy (non-hydrogen) atoms. The summed E-state index contributed by atoms with van der Waals surface area (Å²) in [4.78, 5) is 17.8. The van der Waals surface area contributed by atoms with Crippen LogP contribution in [-0.4, -0.2) is 16.6 Å². The quantitative estimate of drug-likeness (QED) is 0.909. The molecule has 1 aromatic heterocycles. The number of aryl methyl sites for hydroxylation is 1. The number of halogens is 1. The lowest BCUT2D eigenvalue weighted by atomic mass is 10.0. The fraction of sp³-hybridized carbons (Fsp3) is 0.250. The number of hydrogen-bond acceptors (Lipinski definition) is 3. The molecule has 3 nitrogen and oxygen atoms in total. The minimum absolute atomic E-state index is 0.0346. The van der Waals surface area contributed by atoms with Gasteiger partial charge in [-0.2, -0.15) is 0 Å². The molecule has 1 aromatic carbocycles. The summed E-state index contributed by atoms with van der Waals surface area (Å²) in [5.41, 5.74) is 2.41. The van der Waals surface area contributed by atoms with Gasteiger partial charge in [0.15, 0.2) is 0 Å². The summed E-state index contributed by atoms with van der Waals surface area (Å²) in [6.07, 6.45) is 2.46. The van der Waals surface area contributed by atoms with Crippen LogP contribution in [0.4, 0.5) is 0 Å². The van der Waals surface area contributed by atoms with Crippen LogP contribution in [0.5, 0.6) is 0 Å². The van der Waals surface area contributed by atoms with Crippen LogP contribution in [0.25, 0.3) is 0 Å². The highest BCUT2D eigenvalue weighted by Gasteiger charge is 2.23. The Morgan fingerprint density at radius 2 is 2.24 bits per heavy atom. The minimum Gasteiger partial charge on any atom is -0.345 e. The Labute approximate surface area is 133 Å². The highest BCUT2D eigenvalue weighted by molar-refractivity contribution is 7.99. The average Bonchev–Trinajstić information content (AvgIpc) is 2.47. The standard InChI is InChI=1S/C16H15ClN2OS/c1-10-8-13(17)12(9-18-10)16(20)19-14-6-7-21-15-5-3-2-4-11(14)15/h2-5,8-9,14H,6-7H2,1H3,(H,19,20). The molecule has 1 unspecified atom stereocenters. The third-order valence-electron chi connectivity index (χ3n) is 3.50. The van der Waals surface area contributed by atoms with Gasteiger partial charge in [0.25, 0.3) is 5.91 Å². The Morgan fingerprint density at radius 3 is 3.05 bits per heavy atom. The van der Waals surface area contributed by atoms with Gasteiger partial charge in [0.2, 0.25) is 0 Å². The first-order valence-corrected chi connectivity index (χ1v) is 8.16. The lowest BCUT2D eigenvalue weighted by Gasteiger charge is -2.26. The number of aromatic nitrogens is 1. The molecule has 0 saturated carbocycles. The fourth-order valence-electron chi connectivity index (χ4n) is 2.42. The number of fused-ring (bicyclic) bond motifs is 1. The molecule has 1 aliphatic heterocycles. The predicted octanol–water partition coefficient (Wildman–Crippen LogP) is 4.01. The predicted molar refractivity (Wildman–Crippen MR) is 86.0 cm³/mol. The van der Waals surface area contributed by atoms with Crippen molar-refractivity contribution in [2.75, 3.05) is 5.75 Å². The van der Waals surface area contributed by atoms with Gasteiger partial charge in [-0.05, 0) is 31.0 Å². The van der Waals surface area contributed by atoms with Gasteiger partial charge in [-0.15, -0.1) is 11.8 Å². The molecule has 108 valence electrons. The fourth-order valence-corrected chi connectivity index (χ4v) is 3.84. The topological polar surface area (TPSA) is 42.0 Å². The number of nitrogens with one attached hydrogen (secondary N) is 1. The number of carbonyl (C=O) groups is 1. The third kappa shape index (κ3) is 3.06. The van der Waals surface area contributed by atoms with Crippen LogP contribution in [-0.2, 0) is 0 Å². The first kappa shape index (κ1) is 14.4. The van der Waals surface area contributed by atoms with E-state index in [2.05, 4.69) is 22.4 Å². The van der Waals surface area contributed by atoms with Crippen molar-refractivity contribution in [2.24, 2.45) is 0 Å². The first-order chi connectivity index (χ1) is 10.1. The lowest BCUT2D eigenvalue weighted by molar-refractivity contribution is 0.0935. The van der Waals surface area contributed by atoms with Gasteiger partial charge in [0.1, 0.15) is 0 Å². The van der Waals surface area contributed by atoms with Crippen LogP contribution in [0.3, 0.4) is 0 Å². The molecule has 0 spiro atoms. The van der Waals surface area contributed by atoms with E-state index in [9.17, 15) is 4.79 Å².